The number of carbonyl (C=O) groups excluding carboxylic acids is 3. The van der Waals surface area contributed by atoms with Gasteiger partial charge in [0.2, 0.25) is 11.8 Å². The number of esters is 1. The van der Waals surface area contributed by atoms with Crippen molar-refractivity contribution >= 4 is 40.9 Å². The second-order valence-corrected chi connectivity index (χ2v) is 9.12. The number of alkyl halides is 3. The number of pyridine rings is 1. The van der Waals surface area contributed by atoms with Crippen molar-refractivity contribution in [3.05, 3.63) is 22.8 Å². The third-order valence-electron chi connectivity index (χ3n) is 7.06. The predicted molar refractivity (Wildman–Crippen MR) is 110 cm³/mol. The molecule has 1 N–H and O–H groups in total. The zero-order valence-corrected chi connectivity index (χ0v) is 18.6. The predicted octanol–water partition coefficient (Wildman–Crippen LogP) is 2.35. The van der Waals surface area contributed by atoms with Gasteiger partial charge in [0.15, 0.2) is 5.71 Å². The third kappa shape index (κ3) is 3.41. The number of likely N-dealkylation sites (tertiary alicyclic amines) is 1. The maximum atomic E-state index is 13.2. The van der Waals surface area contributed by atoms with Crippen LogP contribution in [0.25, 0.3) is 0 Å². The van der Waals surface area contributed by atoms with E-state index in [-0.39, 0.29) is 65.8 Å². The molecule has 9 nitrogen and oxygen atoms in total. The minimum atomic E-state index is -4.57. The van der Waals surface area contributed by atoms with Crippen molar-refractivity contribution in [3.8, 4) is 0 Å². The van der Waals surface area contributed by atoms with E-state index in [4.69, 9.17) is 21.2 Å². The van der Waals surface area contributed by atoms with E-state index in [0.29, 0.717) is 12.6 Å². The number of imide groups is 1. The molecule has 2 aliphatic carbocycles. The highest BCUT2D eigenvalue weighted by molar-refractivity contribution is 6.38. The number of anilines is 1. The van der Waals surface area contributed by atoms with Gasteiger partial charge in [0.05, 0.1) is 34.9 Å². The summed E-state index contributed by atoms with van der Waals surface area (Å²) < 4.78 is 43.4. The molecule has 0 aromatic carbocycles. The first kappa shape index (κ1) is 22.9. The smallest absolute Gasteiger partial charge is 0.417 e. The first-order chi connectivity index (χ1) is 16.1. The van der Waals surface area contributed by atoms with Crippen LogP contribution in [0.5, 0.6) is 0 Å². The fourth-order valence-electron chi connectivity index (χ4n) is 5.79. The van der Waals surface area contributed by atoms with Crippen molar-refractivity contribution in [2.45, 2.75) is 25.6 Å². The summed E-state index contributed by atoms with van der Waals surface area (Å²) in [7, 11) is 0. The van der Waals surface area contributed by atoms with Crippen molar-refractivity contribution in [2.75, 3.05) is 25.0 Å². The number of amides is 2. The molecule has 182 valence electrons. The van der Waals surface area contributed by atoms with Crippen LogP contribution in [0.1, 0.15) is 18.9 Å². The highest BCUT2D eigenvalue weighted by Gasteiger charge is 2.70. The van der Waals surface area contributed by atoms with E-state index in [2.05, 4.69) is 15.5 Å². The monoisotopic (exact) mass is 500 g/mol. The topological polar surface area (TPSA) is 110 Å². The van der Waals surface area contributed by atoms with Gasteiger partial charge in [-0.05, 0) is 25.3 Å². The van der Waals surface area contributed by atoms with Crippen LogP contribution >= 0.6 is 11.6 Å². The van der Waals surface area contributed by atoms with Crippen molar-refractivity contribution in [3.63, 3.8) is 0 Å². The van der Waals surface area contributed by atoms with E-state index in [1.807, 2.05) is 0 Å². The Labute approximate surface area is 196 Å². The Hall–Kier alpha value is -2.89. The molecule has 2 amide bonds. The summed E-state index contributed by atoms with van der Waals surface area (Å²) in [4.78, 5) is 48.8. The highest BCUT2D eigenvalue weighted by atomic mass is 35.5. The summed E-state index contributed by atoms with van der Waals surface area (Å²) in [6.45, 7) is 1.92. The first-order valence-electron chi connectivity index (χ1n) is 10.9. The molecule has 13 heteroatoms. The Morgan fingerprint density at radius 1 is 1.26 bits per heavy atom. The van der Waals surface area contributed by atoms with Gasteiger partial charge >= 0.3 is 12.1 Å². The summed E-state index contributed by atoms with van der Waals surface area (Å²) in [5.74, 6) is -3.15. The Balaban J connectivity index is 1.25. The summed E-state index contributed by atoms with van der Waals surface area (Å²) in [5, 5.41) is 6.45. The van der Waals surface area contributed by atoms with E-state index in [9.17, 15) is 27.6 Å². The van der Waals surface area contributed by atoms with E-state index >= 15 is 0 Å². The van der Waals surface area contributed by atoms with Crippen LogP contribution in [0.4, 0.5) is 19.0 Å². The number of nitrogens with zero attached hydrogens (tertiary/aromatic N) is 3. The van der Waals surface area contributed by atoms with Crippen molar-refractivity contribution in [1.29, 1.82) is 0 Å². The molecule has 1 aromatic heterocycles. The maximum Gasteiger partial charge on any atom is 0.417 e. The molecular formula is C21H20ClF3N4O5. The Morgan fingerprint density at radius 3 is 2.62 bits per heavy atom. The van der Waals surface area contributed by atoms with E-state index in [0.717, 1.165) is 11.0 Å². The van der Waals surface area contributed by atoms with Crippen LogP contribution < -0.4 is 5.32 Å². The summed E-state index contributed by atoms with van der Waals surface area (Å²) in [6.07, 6.45) is -3.75. The van der Waals surface area contributed by atoms with Gasteiger partial charge in [-0.15, -0.1) is 0 Å². The van der Waals surface area contributed by atoms with Gasteiger partial charge in [-0.25, -0.2) is 9.78 Å². The molecule has 0 spiro atoms. The number of carbonyl (C=O) groups is 3. The van der Waals surface area contributed by atoms with Gasteiger partial charge in [0.25, 0.3) is 0 Å². The van der Waals surface area contributed by atoms with Gasteiger partial charge in [0, 0.05) is 25.2 Å². The minimum absolute atomic E-state index is 0.00183. The molecule has 1 saturated heterocycles. The average Bonchev–Trinajstić information content (AvgIpc) is 3.50. The van der Waals surface area contributed by atoms with Crippen LogP contribution in [0.15, 0.2) is 17.4 Å². The third-order valence-corrected chi connectivity index (χ3v) is 7.35. The van der Waals surface area contributed by atoms with Gasteiger partial charge < -0.3 is 14.9 Å². The summed E-state index contributed by atoms with van der Waals surface area (Å²) >= 11 is 5.89. The number of fused-ring (bicyclic) bond motifs is 8. The molecule has 4 aliphatic rings. The van der Waals surface area contributed by atoms with E-state index in [1.54, 1.807) is 6.92 Å². The quantitative estimate of drug-likeness (QED) is 0.471. The van der Waals surface area contributed by atoms with E-state index in [1.165, 1.54) is 0 Å². The summed E-state index contributed by atoms with van der Waals surface area (Å²) in [6, 6.07) is 0.757. The molecule has 34 heavy (non-hydrogen) atoms. The maximum absolute atomic E-state index is 13.2. The average molecular weight is 501 g/mol. The molecule has 2 bridgehead atoms. The largest absolute Gasteiger partial charge is 0.461 e. The zero-order chi connectivity index (χ0) is 24.4. The number of ether oxygens (including phenoxy) is 1. The molecule has 5 rings (SSSR count). The number of rotatable bonds is 6. The molecule has 3 fully saturated rings. The molecule has 1 aromatic rings. The molecule has 0 radical (unpaired) electrons. The number of hydrogen-bond donors (Lipinski definition) is 1. The second-order valence-electron chi connectivity index (χ2n) is 8.71. The van der Waals surface area contributed by atoms with Crippen LogP contribution in [0.2, 0.25) is 5.02 Å². The minimum Gasteiger partial charge on any atom is -0.461 e. The van der Waals surface area contributed by atoms with Crippen LogP contribution in [-0.2, 0) is 30.1 Å². The fourth-order valence-corrected chi connectivity index (χ4v) is 6.02. The Morgan fingerprint density at radius 2 is 1.97 bits per heavy atom. The van der Waals surface area contributed by atoms with Crippen molar-refractivity contribution in [1.82, 2.24) is 9.88 Å². The SMILES string of the molecule is CCOC(=O)C1=NO[C@@H]2[C@H]3C[C@@H]([C@H]12)[C@@H]1C(=O)N(CCNc2ncc(C(F)(F)F)cc2Cl)C(=O)[C@@H]31. The number of aromatic nitrogens is 1. The molecule has 3 heterocycles. The lowest BCUT2D eigenvalue weighted by atomic mass is 9.72. The molecule has 0 unspecified atom stereocenters. The highest BCUT2D eigenvalue weighted by Crippen LogP contribution is 2.61. The lowest BCUT2D eigenvalue weighted by Gasteiger charge is -2.29. The number of hydrogen-bond acceptors (Lipinski definition) is 8. The van der Waals surface area contributed by atoms with Gasteiger partial charge in [-0.2, -0.15) is 13.2 Å². The lowest BCUT2D eigenvalue weighted by molar-refractivity contribution is -0.141. The molecule has 6 atom stereocenters. The van der Waals surface area contributed by atoms with Crippen molar-refractivity contribution in [2.24, 2.45) is 34.7 Å². The summed E-state index contributed by atoms with van der Waals surface area (Å²) in [5.41, 5.74) is -0.809. The normalized spacial score (nSPS) is 31.3. The second kappa shape index (κ2) is 8.10. The number of halogens is 4. The molecule has 2 aliphatic heterocycles. The lowest BCUT2D eigenvalue weighted by Crippen LogP contribution is -2.42. The standard InChI is InChI=1S/C21H20ClF3N4O5/c1-2-33-20(32)15-14-9-6-10(16(14)34-28-15)13-12(9)18(30)29(19(13)31)4-3-26-17-11(22)5-8(7-27-17)21(23,24)25/h5,7,9-10,12-14,16H,2-4,6H2,1H3,(H,26,27)/t9-,10+,12+,13+,14-,16-/m1/s1. The molecule has 2 saturated carbocycles. The van der Waals surface area contributed by atoms with E-state index < -0.39 is 35.6 Å². The van der Waals surface area contributed by atoms with Gasteiger partial charge in [0.1, 0.15) is 11.9 Å². The number of oxime groups is 1. The molecular weight excluding hydrogens is 481 g/mol. The Bertz CT molecular complexity index is 1100. The fraction of sp³-hybridized carbons (Fsp3) is 0.571. The Kier molecular flexibility index (Phi) is 5.45. The van der Waals surface area contributed by atoms with Crippen LogP contribution in [-0.4, -0.2) is 59.2 Å². The first-order valence-corrected chi connectivity index (χ1v) is 11.2. The van der Waals surface area contributed by atoms with Gasteiger partial charge in [-0.3, -0.25) is 14.5 Å². The van der Waals surface area contributed by atoms with Crippen LogP contribution in [0, 0.1) is 29.6 Å². The van der Waals surface area contributed by atoms with Gasteiger partial charge in [-0.1, -0.05) is 16.8 Å². The zero-order valence-electron chi connectivity index (χ0n) is 17.8. The number of nitrogens with one attached hydrogen (secondary N) is 1. The van der Waals surface area contributed by atoms with Crippen molar-refractivity contribution < 1.29 is 37.1 Å². The van der Waals surface area contributed by atoms with Crippen LogP contribution in [0.3, 0.4) is 0 Å².